The summed E-state index contributed by atoms with van der Waals surface area (Å²) in [6.07, 6.45) is 0.000307. The summed E-state index contributed by atoms with van der Waals surface area (Å²) in [5.74, 6) is -1.31. The third-order valence-corrected chi connectivity index (χ3v) is 3.65. The van der Waals surface area contributed by atoms with Crippen molar-refractivity contribution in [2.24, 2.45) is 5.16 Å². The summed E-state index contributed by atoms with van der Waals surface area (Å²) in [5, 5.41) is 20.8. The molecule has 0 heterocycles. The van der Waals surface area contributed by atoms with E-state index in [1.807, 2.05) is 0 Å². The smallest absolute Gasteiger partial charge is 0.303 e. The molecule has 6 heteroatoms. The lowest BCUT2D eigenvalue weighted by Crippen LogP contribution is -2.05. The first-order valence-corrected chi connectivity index (χ1v) is 7.29. The first kappa shape index (κ1) is 16.2. The van der Waals surface area contributed by atoms with E-state index >= 15 is 0 Å². The second-order valence-electron chi connectivity index (χ2n) is 4.64. The SMILES string of the molecule is O=C(O)CCC(=NO)c1ccc(-c2ccc(Br)cc2F)cc1. The molecule has 0 saturated heterocycles. The largest absolute Gasteiger partial charge is 0.481 e. The Bertz CT molecular complexity index is 714. The Morgan fingerprint density at radius 2 is 1.82 bits per heavy atom. The van der Waals surface area contributed by atoms with Gasteiger partial charge in [0.1, 0.15) is 5.82 Å². The quantitative estimate of drug-likeness (QED) is 0.471. The van der Waals surface area contributed by atoms with E-state index in [4.69, 9.17) is 10.3 Å². The maximum atomic E-state index is 13.9. The molecular weight excluding hydrogens is 353 g/mol. The molecule has 0 aromatic heterocycles. The Morgan fingerprint density at radius 1 is 1.14 bits per heavy atom. The minimum Gasteiger partial charge on any atom is -0.481 e. The van der Waals surface area contributed by atoms with Gasteiger partial charge < -0.3 is 10.3 Å². The van der Waals surface area contributed by atoms with Crippen molar-refractivity contribution < 1.29 is 19.5 Å². The van der Waals surface area contributed by atoms with E-state index in [0.717, 1.165) is 0 Å². The number of oxime groups is 1. The van der Waals surface area contributed by atoms with Crippen LogP contribution >= 0.6 is 15.9 Å². The fourth-order valence-corrected chi connectivity index (χ4v) is 2.38. The van der Waals surface area contributed by atoms with Crippen molar-refractivity contribution in [1.82, 2.24) is 0 Å². The standard InChI is InChI=1S/C16H13BrFNO3/c17-12-5-6-13(14(18)9-12)10-1-3-11(4-2-10)15(19-22)7-8-16(20)21/h1-6,9,22H,7-8H2,(H,20,21). The van der Waals surface area contributed by atoms with E-state index in [2.05, 4.69) is 21.1 Å². The number of hydrogen-bond donors (Lipinski definition) is 2. The van der Waals surface area contributed by atoms with Crippen LogP contribution in [0.25, 0.3) is 11.1 Å². The van der Waals surface area contributed by atoms with Crippen LogP contribution in [0.2, 0.25) is 0 Å². The average molecular weight is 366 g/mol. The summed E-state index contributed by atoms with van der Waals surface area (Å²) in [6, 6.07) is 11.6. The number of benzene rings is 2. The van der Waals surface area contributed by atoms with Crippen LogP contribution in [-0.2, 0) is 4.79 Å². The highest BCUT2D eigenvalue weighted by Gasteiger charge is 2.09. The molecule has 0 aliphatic rings. The molecule has 0 amide bonds. The predicted octanol–water partition coefficient (Wildman–Crippen LogP) is 4.30. The third kappa shape index (κ3) is 3.92. The number of rotatable bonds is 5. The van der Waals surface area contributed by atoms with E-state index in [9.17, 15) is 9.18 Å². The van der Waals surface area contributed by atoms with E-state index in [0.29, 0.717) is 21.2 Å². The van der Waals surface area contributed by atoms with Crippen molar-refractivity contribution in [3.8, 4) is 11.1 Å². The Balaban J connectivity index is 2.24. The number of carboxylic acid groups (broad SMARTS) is 1. The molecule has 0 aliphatic carbocycles. The first-order chi connectivity index (χ1) is 10.5. The molecule has 2 aromatic rings. The Kier molecular flexibility index (Phi) is 5.27. The number of carboxylic acids is 1. The monoisotopic (exact) mass is 365 g/mol. The molecule has 2 N–H and O–H groups in total. The summed E-state index contributed by atoms with van der Waals surface area (Å²) in [6.45, 7) is 0. The predicted molar refractivity (Wildman–Crippen MR) is 84.7 cm³/mol. The Hall–Kier alpha value is -2.21. The summed E-state index contributed by atoms with van der Waals surface area (Å²) in [5.41, 5.74) is 2.03. The van der Waals surface area contributed by atoms with Crippen LogP contribution in [0, 0.1) is 5.82 Å². The van der Waals surface area contributed by atoms with Gasteiger partial charge in [0.05, 0.1) is 12.1 Å². The molecule has 2 rings (SSSR count). The van der Waals surface area contributed by atoms with Crippen molar-refractivity contribution in [2.45, 2.75) is 12.8 Å². The Morgan fingerprint density at radius 3 is 2.36 bits per heavy atom. The number of carbonyl (C=O) groups is 1. The topological polar surface area (TPSA) is 69.9 Å². The van der Waals surface area contributed by atoms with Crippen molar-refractivity contribution in [1.29, 1.82) is 0 Å². The molecule has 4 nitrogen and oxygen atoms in total. The molecule has 2 aromatic carbocycles. The molecule has 0 unspecified atom stereocenters. The van der Waals surface area contributed by atoms with E-state index < -0.39 is 5.97 Å². The van der Waals surface area contributed by atoms with Gasteiger partial charge >= 0.3 is 5.97 Å². The van der Waals surface area contributed by atoms with Gasteiger partial charge in [0.2, 0.25) is 0 Å². The van der Waals surface area contributed by atoms with Crippen LogP contribution in [0.4, 0.5) is 4.39 Å². The lowest BCUT2D eigenvalue weighted by molar-refractivity contribution is -0.136. The normalized spacial score (nSPS) is 11.5. The lowest BCUT2D eigenvalue weighted by Gasteiger charge is -2.07. The van der Waals surface area contributed by atoms with Gasteiger partial charge in [-0.05, 0) is 23.3 Å². The summed E-state index contributed by atoms with van der Waals surface area (Å²) in [7, 11) is 0. The van der Waals surface area contributed by atoms with Crippen LogP contribution in [-0.4, -0.2) is 22.0 Å². The summed E-state index contributed by atoms with van der Waals surface area (Å²) >= 11 is 3.21. The number of nitrogens with zero attached hydrogens (tertiary/aromatic N) is 1. The molecule has 0 radical (unpaired) electrons. The Labute approximate surface area is 135 Å². The summed E-state index contributed by atoms with van der Waals surface area (Å²) in [4.78, 5) is 10.6. The van der Waals surface area contributed by atoms with Gasteiger partial charge in [0, 0.05) is 16.5 Å². The molecule has 0 saturated carbocycles. The van der Waals surface area contributed by atoms with Gasteiger partial charge in [-0.25, -0.2) is 4.39 Å². The molecule has 0 spiro atoms. The van der Waals surface area contributed by atoms with Crippen LogP contribution in [0.1, 0.15) is 18.4 Å². The fraction of sp³-hybridized carbons (Fsp3) is 0.125. The van der Waals surface area contributed by atoms with E-state index in [-0.39, 0.29) is 24.4 Å². The van der Waals surface area contributed by atoms with Gasteiger partial charge in [-0.1, -0.05) is 51.4 Å². The minimum absolute atomic E-state index is 0.123. The molecular formula is C16H13BrFNO3. The number of aliphatic carboxylic acids is 1. The van der Waals surface area contributed by atoms with Gasteiger partial charge in [0.25, 0.3) is 0 Å². The van der Waals surface area contributed by atoms with Gasteiger partial charge in [-0.2, -0.15) is 0 Å². The second-order valence-corrected chi connectivity index (χ2v) is 5.56. The van der Waals surface area contributed by atoms with Crippen molar-refractivity contribution in [2.75, 3.05) is 0 Å². The van der Waals surface area contributed by atoms with Crippen LogP contribution in [0.15, 0.2) is 52.1 Å². The number of hydrogen-bond acceptors (Lipinski definition) is 3. The average Bonchev–Trinajstić information content (AvgIpc) is 2.48. The molecule has 114 valence electrons. The maximum Gasteiger partial charge on any atom is 0.303 e. The molecule has 0 aliphatic heterocycles. The minimum atomic E-state index is -0.963. The molecule has 0 atom stereocenters. The number of halogens is 2. The zero-order valence-corrected chi connectivity index (χ0v) is 13.0. The zero-order chi connectivity index (χ0) is 16.1. The fourth-order valence-electron chi connectivity index (χ4n) is 2.04. The van der Waals surface area contributed by atoms with Crippen LogP contribution in [0.3, 0.4) is 0 Å². The first-order valence-electron chi connectivity index (χ1n) is 6.50. The zero-order valence-electron chi connectivity index (χ0n) is 11.5. The highest BCUT2D eigenvalue weighted by Crippen LogP contribution is 2.26. The second kappa shape index (κ2) is 7.17. The van der Waals surface area contributed by atoms with E-state index in [1.54, 1.807) is 36.4 Å². The molecule has 0 bridgehead atoms. The van der Waals surface area contributed by atoms with E-state index in [1.165, 1.54) is 6.07 Å². The highest BCUT2D eigenvalue weighted by atomic mass is 79.9. The van der Waals surface area contributed by atoms with Crippen LogP contribution < -0.4 is 0 Å². The maximum absolute atomic E-state index is 13.9. The van der Waals surface area contributed by atoms with Crippen LogP contribution in [0.5, 0.6) is 0 Å². The highest BCUT2D eigenvalue weighted by molar-refractivity contribution is 9.10. The van der Waals surface area contributed by atoms with Crippen molar-refractivity contribution >= 4 is 27.6 Å². The third-order valence-electron chi connectivity index (χ3n) is 3.16. The lowest BCUT2D eigenvalue weighted by atomic mass is 10.00. The van der Waals surface area contributed by atoms with Gasteiger partial charge in [-0.15, -0.1) is 0 Å². The molecule has 0 fully saturated rings. The molecule has 22 heavy (non-hydrogen) atoms. The summed E-state index contributed by atoms with van der Waals surface area (Å²) < 4.78 is 14.6. The van der Waals surface area contributed by atoms with Gasteiger partial charge in [0.15, 0.2) is 0 Å². The van der Waals surface area contributed by atoms with Crippen molar-refractivity contribution in [3.05, 3.63) is 58.3 Å². The van der Waals surface area contributed by atoms with Crippen molar-refractivity contribution in [3.63, 3.8) is 0 Å². The van der Waals surface area contributed by atoms with Gasteiger partial charge in [-0.3, -0.25) is 4.79 Å².